The number of benzene rings is 3. The number of nitrogens with one attached hydrogen (secondary N) is 2. The van der Waals surface area contributed by atoms with Crippen molar-refractivity contribution in [3.05, 3.63) is 75.3 Å². The summed E-state index contributed by atoms with van der Waals surface area (Å²) < 4.78 is 16.4. The fraction of sp³-hybridized carbons (Fsp3) is 0.192. The number of carbonyl (C=O) groups excluding carboxylic acids is 1. The SMILES string of the molecule is COc1ccc(-c2nc3cc(NC(=S)NC(=O)c4cc([N+](=O)[O-])ccc4N4CCOCC4)ccc3o2)cc1Cl. The van der Waals surface area contributed by atoms with Crippen LogP contribution in [-0.2, 0) is 4.74 Å². The van der Waals surface area contributed by atoms with Gasteiger partial charge >= 0.3 is 0 Å². The van der Waals surface area contributed by atoms with E-state index in [-0.39, 0.29) is 16.4 Å². The van der Waals surface area contributed by atoms with Gasteiger partial charge in [-0.2, -0.15) is 0 Å². The zero-order valence-corrected chi connectivity index (χ0v) is 22.2. The number of thiocarbonyl (C=S) groups is 1. The van der Waals surface area contributed by atoms with E-state index < -0.39 is 10.8 Å². The van der Waals surface area contributed by atoms with Crippen LogP contribution in [-0.4, -0.2) is 54.3 Å². The molecule has 0 unspecified atom stereocenters. The number of nitrogens with zero attached hydrogens (tertiary/aromatic N) is 3. The third-order valence-electron chi connectivity index (χ3n) is 6.06. The third kappa shape index (κ3) is 5.77. The van der Waals surface area contributed by atoms with Crippen LogP contribution in [0.25, 0.3) is 22.6 Å². The van der Waals surface area contributed by atoms with Crippen LogP contribution in [0.15, 0.2) is 59.0 Å². The number of aromatic nitrogens is 1. The molecule has 5 rings (SSSR count). The van der Waals surface area contributed by atoms with Crippen molar-refractivity contribution in [2.45, 2.75) is 0 Å². The average Bonchev–Trinajstić information content (AvgIpc) is 3.36. The minimum Gasteiger partial charge on any atom is -0.495 e. The number of amides is 1. The normalized spacial score (nSPS) is 13.2. The highest BCUT2D eigenvalue weighted by Crippen LogP contribution is 2.32. The Morgan fingerprint density at radius 2 is 1.95 bits per heavy atom. The molecule has 1 fully saturated rings. The highest BCUT2D eigenvalue weighted by Gasteiger charge is 2.23. The molecular weight excluding hydrogens is 546 g/mol. The molecule has 2 heterocycles. The highest BCUT2D eigenvalue weighted by molar-refractivity contribution is 7.80. The smallest absolute Gasteiger partial charge is 0.270 e. The van der Waals surface area contributed by atoms with E-state index in [1.54, 1.807) is 42.5 Å². The maximum Gasteiger partial charge on any atom is 0.270 e. The van der Waals surface area contributed by atoms with Gasteiger partial charge in [-0.15, -0.1) is 0 Å². The molecular formula is C26H22ClN5O6S. The van der Waals surface area contributed by atoms with Gasteiger partial charge in [-0.25, -0.2) is 4.98 Å². The number of methoxy groups -OCH3 is 1. The Hall–Kier alpha value is -4.26. The van der Waals surface area contributed by atoms with Crippen LogP contribution in [0, 0.1) is 10.1 Å². The van der Waals surface area contributed by atoms with Crippen molar-refractivity contribution in [1.29, 1.82) is 0 Å². The molecule has 1 aliphatic rings. The molecule has 13 heteroatoms. The van der Waals surface area contributed by atoms with Crippen LogP contribution in [0.3, 0.4) is 0 Å². The number of carbonyl (C=O) groups is 1. The Morgan fingerprint density at radius 1 is 1.15 bits per heavy atom. The molecule has 3 aromatic carbocycles. The lowest BCUT2D eigenvalue weighted by Crippen LogP contribution is -2.39. The minimum atomic E-state index is -0.570. The molecule has 2 N–H and O–H groups in total. The Balaban J connectivity index is 1.33. The predicted molar refractivity (Wildman–Crippen MR) is 151 cm³/mol. The second kappa shape index (κ2) is 11.2. The number of fused-ring (bicyclic) bond motifs is 1. The van der Waals surface area contributed by atoms with E-state index in [1.165, 1.54) is 19.2 Å². The number of halogens is 1. The van der Waals surface area contributed by atoms with Crippen LogP contribution < -0.4 is 20.3 Å². The van der Waals surface area contributed by atoms with Gasteiger partial charge in [0, 0.05) is 36.5 Å². The molecule has 4 aromatic rings. The number of hydrogen-bond donors (Lipinski definition) is 2. The topological polar surface area (TPSA) is 132 Å². The summed E-state index contributed by atoms with van der Waals surface area (Å²) in [6.45, 7) is 2.11. The van der Waals surface area contributed by atoms with Crippen molar-refractivity contribution in [2.75, 3.05) is 43.6 Å². The van der Waals surface area contributed by atoms with E-state index in [0.717, 1.165) is 0 Å². The van der Waals surface area contributed by atoms with Gasteiger partial charge in [0.05, 0.1) is 41.5 Å². The molecule has 0 radical (unpaired) electrons. The standard InChI is InChI=1S/C26H22ClN5O6S/c1-36-22-6-2-15(12-19(22)27)25-29-20-13-16(3-7-23(20)38-25)28-26(39)30-24(33)18-14-17(32(34)35)4-5-21(18)31-8-10-37-11-9-31/h2-7,12-14H,8-11H2,1H3,(H2,28,30,33,39). The summed E-state index contributed by atoms with van der Waals surface area (Å²) in [5.41, 5.74) is 2.87. The van der Waals surface area contributed by atoms with Gasteiger partial charge < -0.3 is 24.1 Å². The van der Waals surface area contributed by atoms with E-state index in [0.29, 0.717) is 71.0 Å². The predicted octanol–water partition coefficient (Wildman–Crippen LogP) is 5.03. The van der Waals surface area contributed by atoms with Crippen molar-refractivity contribution in [3.63, 3.8) is 0 Å². The number of hydrogen-bond acceptors (Lipinski definition) is 9. The van der Waals surface area contributed by atoms with Crippen molar-refractivity contribution >= 4 is 63.0 Å². The molecule has 1 aliphatic heterocycles. The lowest BCUT2D eigenvalue weighted by molar-refractivity contribution is -0.384. The summed E-state index contributed by atoms with van der Waals surface area (Å²) >= 11 is 11.6. The van der Waals surface area contributed by atoms with Gasteiger partial charge in [0.25, 0.3) is 11.6 Å². The van der Waals surface area contributed by atoms with Crippen molar-refractivity contribution in [2.24, 2.45) is 0 Å². The van der Waals surface area contributed by atoms with Gasteiger partial charge in [-0.05, 0) is 54.7 Å². The zero-order chi connectivity index (χ0) is 27.5. The Kier molecular flexibility index (Phi) is 7.59. The van der Waals surface area contributed by atoms with Gasteiger partial charge in [-0.3, -0.25) is 20.2 Å². The van der Waals surface area contributed by atoms with E-state index in [4.69, 9.17) is 37.7 Å². The number of nitro benzene ring substituents is 1. The first-order valence-electron chi connectivity index (χ1n) is 11.8. The first kappa shape index (κ1) is 26.4. The van der Waals surface area contributed by atoms with Crippen molar-refractivity contribution in [3.8, 4) is 17.2 Å². The molecule has 11 nitrogen and oxygen atoms in total. The second-order valence-corrected chi connectivity index (χ2v) is 9.33. The number of morpholine rings is 1. The molecule has 1 amide bonds. The Bertz CT molecular complexity index is 1590. The summed E-state index contributed by atoms with van der Waals surface area (Å²) in [4.78, 5) is 30.4. The van der Waals surface area contributed by atoms with Gasteiger partial charge in [0.15, 0.2) is 10.7 Å². The molecule has 0 spiro atoms. The van der Waals surface area contributed by atoms with Crippen molar-refractivity contribution in [1.82, 2.24) is 10.3 Å². The number of oxazole rings is 1. The third-order valence-corrected chi connectivity index (χ3v) is 6.56. The van der Waals surface area contributed by atoms with Gasteiger partial charge in [0.1, 0.15) is 11.3 Å². The lowest BCUT2D eigenvalue weighted by Gasteiger charge is -2.30. The average molecular weight is 568 g/mol. The summed E-state index contributed by atoms with van der Waals surface area (Å²) in [7, 11) is 1.54. The summed E-state index contributed by atoms with van der Waals surface area (Å²) in [6, 6.07) is 14.6. The molecule has 1 aromatic heterocycles. The molecule has 1 saturated heterocycles. The van der Waals surface area contributed by atoms with Crippen LogP contribution in [0.1, 0.15) is 10.4 Å². The first-order valence-corrected chi connectivity index (χ1v) is 12.6. The largest absolute Gasteiger partial charge is 0.495 e. The maximum absolute atomic E-state index is 13.2. The molecule has 0 saturated carbocycles. The van der Waals surface area contributed by atoms with E-state index >= 15 is 0 Å². The molecule has 0 bridgehead atoms. The minimum absolute atomic E-state index is 0.0180. The Morgan fingerprint density at radius 3 is 2.67 bits per heavy atom. The fourth-order valence-electron chi connectivity index (χ4n) is 4.16. The molecule has 0 atom stereocenters. The van der Waals surface area contributed by atoms with E-state index in [9.17, 15) is 14.9 Å². The number of ether oxygens (including phenoxy) is 2. The summed E-state index contributed by atoms with van der Waals surface area (Å²) in [5, 5.41) is 17.4. The highest BCUT2D eigenvalue weighted by atomic mass is 35.5. The molecule has 39 heavy (non-hydrogen) atoms. The quantitative estimate of drug-likeness (QED) is 0.186. The molecule has 200 valence electrons. The van der Waals surface area contributed by atoms with Crippen LogP contribution in [0.4, 0.5) is 17.1 Å². The maximum atomic E-state index is 13.2. The van der Waals surface area contributed by atoms with Gasteiger partial charge in [-0.1, -0.05) is 11.6 Å². The van der Waals surface area contributed by atoms with Crippen LogP contribution >= 0.6 is 23.8 Å². The van der Waals surface area contributed by atoms with Gasteiger partial charge in [0.2, 0.25) is 5.89 Å². The second-order valence-electron chi connectivity index (χ2n) is 8.52. The fourth-order valence-corrected chi connectivity index (χ4v) is 4.63. The summed E-state index contributed by atoms with van der Waals surface area (Å²) in [6.07, 6.45) is 0. The number of non-ortho nitro benzene ring substituents is 1. The zero-order valence-electron chi connectivity index (χ0n) is 20.6. The van der Waals surface area contributed by atoms with E-state index in [2.05, 4.69) is 15.6 Å². The first-order chi connectivity index (χ1) is 18.8. The van der Waals surface area contributed by atoms with Crippen molar-refractivity contribution < 1.29 is 23.6 Å². The van der Waals surface area contributed by atoms with Crippen LogP contribution in [0.5, 0.6) is 5.75 Å². The molecule has 0 aliphatic carbocycles. The number of anilines is 2. The van der Waals surface area contributed by atoms with Crippen LogP contribution in [0.2, 0.25) is 5.02 Å². The Labute approximate surface area is 232 Å². The monoisotopic (exact) mass is 567 g/mol. The van der Waals surface area contributed by atoms with E-state index in [1.807, 2.05) is 4.90 Å². The summed E-state index contributed by atoms with van der Waals surface area (Å²) in [5.74, 6) is 0.350. The lowest BCUT2D eigenvalue weighted by atomic mass is 10.1. The number of rotatable bonds is 6. The number of nitro groups is 1.